The summed E-state index contributed by atoms with van der Waals surface area (Å²) >= 11 is 10.8. The predicted octanol–water partition coefficient (Wildman–Crippen LogP) is 5.81. The molecule has 2 aliphatic heterocycles. The molecule has 2 aromatic carbocycles. The van der Waals surface area contributed by atoms with Crippen molar-refractivity contribution in [1.82, 2.24) is 9.58 Å². The molecule has 3 heterocycles. The number of carbonyl (C=O) groups is 1. The van der Waals surface area contributed by atoms with Gasteiger partial charge in [-0.1, -0.05) is 51.8 Å². The van der Waals surface area contributed by atoms with E-state index in [9.17, 15) is 27.9 Å². The quantitative estimate of drug-likeness (QED) is 0.368. The minimum atomic E-state index is -4.80. The van der Waals surface area contributed by atoms with Gasteiger partial charge in [0.15, 0.2) is 11.4 Å². The van der Waals surface area contributed by atoms with Crippen LogP contribution in [-0.4, -0.2) is 39.5 Å². The number of hydrogen-bond donors (Lipinski definition) is 1. The number of aromatic nitrogens is 1. The highest BCUT2D eigenvalue weighted by molar-refractivity contribution is 9.10. The van der Waals surface area contributed by atoms with Crippen molar-refractivity contribution in [2.75, 3.05) is 11.7 Å². The highest BCUT2D eigenvalue weighted by Gasteiger charge is 2.48. The van der Waals surface area contributed by atoms with Crippen molar-refractivity contribution in [2.45, 2.75) is 35.8 Å². The Balaban J connectivity index is 1.84. The maximum Gasteiger partial charge on any atom is 0.408 e. The van der Waals surface area contributed by atoms with E-state index in [2.05, 4.69) is 15.9 Å². The third-order valence-electron chi connectivity index (χ3n) is 6.48. The largest absolute Gasteiger partial charge is 0.502 e. The van der Waals surface area contributed by atoms with Crippen LogP contribution in [0.2, 0.25) is 5.02 Å². The van der Waals surface area contributed by atoms with Crippen molar-refractivity contribution in [1.29, 1.82) is 0 Å². The van der Waals surface area contributed by atoms with Crippen LogP contribution in [0.1, 0.15) is 40.1 Å². The van der Waals surface area contributed by atoms with E-state index in [-0.39, 0.29) is 0 Å². The number of halogens is 6. The summed E-state index contributed by atoms with van der Waals surface area (Å²) in [7, 11) is 0. The number of nitrogens with zero attached hydrogens (tertiary/aromatic N) is 3. The van der Waals surface area contributed by atoms with Crippen LogP contribution in [0, 0.1) is 5.82 Å². The molecule has 0 unspecified atom stereocenters. The molecule has 0 bridgehead atoms. The molecule has 2 atom stereocenters. The van der Waals surface area contributed by atoms with Crippen LogP contribution in [-0.2, 0) is 5.75 Å². The van der Waals surface area contributed by atoms with E-state index < -0.39 is 58.5 Å². The van der Waals surface area contributed by atoms with Crippen LogP contribution in [0.5, 0.6) is 5.75 Å². The Kier molecular flexibility index (Phi) is 6.48. The van der Waals surface area contributed by atoms with Crippen LogP contribution in [0.3, 0.4) is 0 Å². The van der Waals surface area contributed by atoms with Gasteiger partial charge in [-0.05, 0) is 35.7 Å². The Hall–Kier alpha value is -2.70. The molecule has 0 radical (unpaired) electrons. The highest BCUT2D eigenvalue weighted by atomic mass is 79.9. The molecular formula is C24H17BrClF4N3O3S. The molecule has 13 heteroatoms. The standard InChI is InChI=1S/C24H17BrClF4N3O3S/c1-11(24(28,29)30)31-10-33(32-8-15(26)20(34)21(35)19(32)23(31)36)18-13-5-3-7-16(27)22(13)37-9-12-4-2-6-14(25)17(12)18/h2-8,11,18,35H,9-10H2,1H3/t11-,18+/m1/s1. The van der Waals surface area contributed by atoms with Gasteiger partial charge in [-0.15, -0.1) is 11.8 Å². The van der Waals surface area contributed by atoms with Gasteiger partial charge in [0.2, 0.25) is 5.43 Å². The van der Waals surface area contributed by atoms with Gasteiger partial charge in [0.25, 0.3) is 5.91 Å². The van der Waals surface area contributed by atoms with Gasteiger partial charge in [0.05, 0.1) is 0 Å². The summed E-state index contributed by atoms with van der Waals surface area (Å²) < 4.78 is 58.2. The van der Waals surface area contributed by atoms with Crippen LogP contribution < -0.4 is 10.4 Å². The van der Waals surface area contributed by atoms with Gasteiger partial charge in [-0.25, -0.2) is 4.39 Å². The topological polar surface area (TPSA) is 65.8 Å². The van der Waals surface area contributed by atoms with Gasteiger partial charge in [0, 0.05) is 21.3 Å². The first kappa shape index (κ1) is 25.9. The second kappa shape index (κ2) is 9.25. The lowest BCUT2D eigenvalue weighted by Crippen LogP contribution is -2.60. The van der Waals surface area contributed by atoms with Crippen molar-refractivity contribution in [3.63, 3.8) is 0 Å². The first-order chi connectivity index (χ1) is 17.4. The molecule has 0 spiro atoms. The Morgan fingerprint density at radius 3 is 2.59 bits per heavy atom. The number of alkyl halides is 3. The number of amides is 1. The molecule has 1 aromatic heterocycles. The van der Waals surface area contributed by atoms with E-state index in [4.69, 9.17) is 11.6 Å². The third kappa shape index (κ3) is 4.18. The zero-order valence-electron chi connectivity index (χ0n) is 18.9. The average molecular weight is 619 g/mol. The molecule has 0 fully saturated rings. The number of hydrogen-bond acceptors (Lipinski definition) is 5. The molecule has 2 aliphatic rings. The number of thioether (sulfide) groups is 1. The molecule has 37 heavy (non-hydrogen) atoms. The molecule has 194 valence electrons. The molecular weight excluding hydrogens is 602 g/mol. The van der Waals surface area contributed by atoms with Gasteiger partial charge in [-0.3, -0.25) is 19.3 Å². The lowest BCUT2D eigenvalue weighted by Gasteiger charge is -2.46. The monoisotopic (exact) mass is 617 g/mol. The van der Waals surface area contributed by atoms with E-state index in [1.807, 2.05) is 6.07 Å². The van der Waals surface area contributed by atoms with Crippen molar-refractivity contribution >= 4 is 45.2 Å². The van der Waals surface area contributed by atoms with Gasteiger partial charge in [-0.2, -0.15) is 13.2 Å². The van der Waals surface area contributed by atoms with E-state index >= 15 is 4.39 Å². The lowest BCUT2D eigenvalue weighted by molar-refractivity contribution is -0.173. The van der Waals surface area contributed by atoms with Gasteiger partial charge >= 0.3 is 6.18 Å². The third-order valence-corrected chi connectivity index (χ3v) is 8.61. The molecule has 5 rings (SSSR count). The summed E-state index contributed by atoms with van der Waals surface area (Å²) in [5.41, 5.74) is 0.0936. The molecule has 0 saturated carbocycles. The Labute approximate surface area is 225 Å². The van der Waals surface area contributed by atoms with Crippen molar-refractivity contribution < 1.29 is 27.5 Å². The molecule has 6 nitrogen and oxygen atoms in total. The van der Waals surface area contributed by atoms with Crippen LogP contribution in [0.4, 0.5) is 17.6 Å². The zero-order chi connectivity index (χ0) is 26.8. The van der Waals surface area contributed by atoms with Crippen molar-refractivity contribution in [3.8, 4) is 5.75 Å². The molecule has 0 saturated heterocycles. The fourth-order valence-electron chi connectivity index (χ4n) is 4.59. The zero-order valence-corrected chi connectivity index (χ0v) is 22.1. The summed E-state index contributed by atoms with van der Waals surface area (Å²) in [6.45, 7) is 0.217. The number of aromatic hydroxyl groups is 1. The number of rotatable bonds is 2. The summed E-state index contributed by atoms with van der Waals surface area (Å²) in [5, 5.41) is 11.5. The van der Waals surface area contributed by atoms with E-state index in [0.29, 0.717) is 31.1 Å². The first-order valence-electron chi connectivity index (χ1n) is 10.9. The van der Waals surface area contributed by atoms with Gasteiger partial charge < -0.3 is 10.0 Å². The van der Waals surface area contributed by atoms with Crippen molar-refractivity contribution in [3.05, 3.63) is 90.5 Å². The fraction of sp³-hybridized carbons (Fsp3) is 0.250. The van der Waals surface area contributed by atoms with Crippen LogP contribution in [0.15, 0.2) is 56.8 Å². The number of fused-ring (bicyclic) bond motifs is 3. The SMILES string of the molecule is C[C@@H](N1CN([C@H]2c3cccc(F)c3SCc3cccc(Br)c32)n2cc(Cl)c(=O)c(O)c2C1=O)C(F)(F)F. The number of pyridine rings is 1. The predicted molar refractivity (Wildman–Crippen MR) is 134 cm³/mol. The summed E-state index contributed by atoms with van der Waals surface area (Å²) in [6, 6.07) is 6.62. The summed E-state index contributed by atoms with van der Waals surface area (Å²) in [6.07, 6.45) is -3.71. The smallest absolute Gasteiger partial charge is 0.408 e. The maximum atomic E-state index is 15.0. The lowest BCUT2D eigenvalue weighted by atomic mass is 9.94. The maximum absolute atomic E-state index is 15.0. The van der Waals surface area contributed by atoms with E-state index in [0.717, 1.165) is 23.4 Å². The Morgan fingerprint density at radius 1 is 1.19 bits per heavy atom. The van der Waals surface area contributed by atoms with E-state index in [1.165, 1.54) is 28.9 Å². The minimum absolute atomic E-state index is 0.292. The van der Waals surface area contributed by atoms with Crippen LogP contribution in [0.25, 0.3) is 0 Å². The molecule has 3 aromatic rings. The van der Waals surface area contributed by atoms with Crippen LogP contribution >= 0.6 is 39.3 Å². The average Bonchev–Trinajstić information content (AvgIpc) is 3.00. The molecule has 1 N–H and O–H groups in total. The second-order valence-corrected chi connectivity index (χ2v) is 10.8. The van der Waals surface area contributed by atoms with Gasteiger partial charge in [0.1, 0.15) is 29.6 Å². The minimum Gasteiger partial charge on any atom is -0.502 e. The Bertz CT molecular complexity index is 1500. The highest BCUT2D eigenvalue weighted by Crippen LogP contribution is 2.46. The van der Waals surface area contributed by atoms with Crippen molar-refractivity contribution in [2.24, 2.45) is 0 Å². The molecule has 0 aliphatic carbocycles. The summed E-state index contributed by atoms with van der Waals surface area (Å²) in [4.78, 5) is 26.5. The van der Waals surface area contributed by atoms with E-state index in [1.54, 1.807) is 18.2 Å². The fourth-order valence-corrected chi connectivity index (χ4v) is 6.50. The molecule has 1 amide bonds. The second-order valence-electron chi connectivity index (χ2n) is 8.58. The summed E-state index contributed by atoms with van der Waals surface area (Å²) in [5.74, 6) is -2.40. The normalized spacial score (nSPS) is 18.1. The first-order valence-corrected chi connectivity index (χ1v) is 13.0. The number of benzene rings is 2. The number of carbonyl (C=O) groups excluding carboxylic acids is 1. The Morgan fingerprint density at radius 2 is 1.89 bits per heavy atom.